The number of aliphatic hydroxyl groups excluding tert-OH is 1. The van der Waals surface area contributed by atoms with Crippen molar-refractivity contribution in [2.45, 2.75) is 52.0 Å². The van der Waals surface area contributed by atoms with Crippen LogP contribution in [0.1, 0.15) is 54.0 Å². The van der Waals surface area contributed by atoms with Gasteiger partial charge in [0.15, 0.2) is 5.65 Å². The van der Waals surface area contributed by atoms with Gasteiger partial charge >= 0.3 is 0 Å². The van der Waals surface area contributed by atoms with E-state index < -0.39 is 0 Å². The summed E-state index contributed by atoms with van der Waals surface area (Å²) in [6, 6.07) is 17.3. The molecule has 182 valence electrons. The van der Waals surface area contributed by atoms with Gasteiger partial charge in [-0.2, -0.15) is 5.21 Å². The van der Waals surface area contributed by atoms with E-state index in [-0.39, 0.29) is 12.6 Å². The van der Waals surface area contributed by atoms with Crippen molar-refractivity contribution in [1.29, 1.82) is 0 Å². The van der Waals surface area contributed by atoms with Gasteiger partial charge in [0, 0.05) is 24.3 Å². The smallest absolute Gasteiger partial charge is 0.205 e. The van der Waals surface area contributed by atoms with Gasteiger partial charge in [0.1, 0.15) is 11.3 Å². The first-order valence-corrected chi connectivity index (χ1v) is 12.6. The number of benzene rings is 2. The van der Waals surface area contributed by atoms with Gasteiger partial charge in [-0.15, -0.1) is 10.2 Å². The van der Waals surface area contributed by atoms with E-state index >= 15 is 0 Å². The molecule has 0 bridgehead atoms. The predicted molar refractivity (Wildman–Crippen MR) is 139 cm³/mol. The molecule has 1 atom stereocenters. The van der Waals surface area contributed by atoms with Crippen LogP contribution in [0.3, 0.4) is 0 Å². The lowest BCUT2D eigenvalue weighted by Gasteiger charge is -2.18. The normalized spacial score (nSPS) is 15.0. The van der Waals surface area contributed by atoms with Gasteiger partial charge in [0.2, 0.25) is 5.82 Å². The minimum absolute atomic E-state index is 0.173. The van der Waals surface area contributed by atoms with Crippen LogP contribution in [-0.4, -0.2) is 46.9 Å². The van der Waals surface area contributed by atoms with Crippen LogP contribution in [0.15, 0.2) is 48.5 Å². The second kappa shape index (κ2) is 9.28. The molecule has 0 aliphatic heterocycles. The maximum Gasteiger partial charge on any atom is 0.205 e. The second-order valence-corrected chi connectivity index (χ2v) is 9.43. The molecule has 8 heteroatoms. The summed E-state index contributed by atoms with van der Waals surface area (Å²) in [7, 11) is 0. The van der Waals surface area contributed by atoms with Gasteiger partial charge in [0.05, 0.1) is 6.04 Å². The Kier molecular flexibility index (Phi) is 5.81. The molecule has 0 amide bonds. The number of nitrogens with zero attached hydrogens (tertiary/aromatic N) is 6. The molecule has 6 rings (SSSR count). The summed E-state index contributed by atoms with van der Waals surface area (Å²) < 4.78 is 2.36. The first-order valence-electron chi connectivity index (χ1n) is 12.6. The van der Waals surface area contributed by atoms with E-state index in [0.717, 1.165) is 70.6 Å². The van der Waals surface area contributed by atoms with Gasteiger partial charge in [-0.3, -0.25) is 0 Å². The summed E-state index contributed by atoms with van der Waals surface area (Å²) in [5, 5.41) is 24.0. The Morgan fingerprint density at radius 1 is 1.08 bits per heavy atom. The highest BCUT2D eigenvalue weighted by Crippen LogP contribution is 2.40. The molecule has 3 heterocycles. The van der Waals surface area contributed by atoms with Crippen LogP contribution < -0.4 is 0 Å². The fourth-order valence-electron chi connectivity index (χ4n) is 5.53. The van der Waals surface area contributed by atoms with E-state index in [9.17, 15) is 5.11 Å². The predicted octanol–water partition coefficient (Wildman–Crippen LogP) is 4.61. The zero-order valence-electron chi connectivity index (χ0n) is 20.6. The lowest BCUT2D eigenvalue weighted by Crippen LogP contribution is -2.12. The summed E-state index contributed by atoms with van der Waals surface area (Å²) in [6.07, 6.45) is 4.36. The molecule has 36 heavy (non-hydrogen) atoms. The Morgan fingerprint density at radius 3 is 2.72 bits per heavy atom. The largest absolute Gasteiger partial charge is 0.396 e. The molecule has 0 unspecified atom stereocenters. The number of nitrogens with one attached hydrogen (secondary N) is 1. The SMILES string of the molecule is CCc1nc2c(C)cc(CCCO)nc2n1[C@H]1CCc2cc(-c3ccccc3-c3nn[nH]n3)ccc21. The van der Waals surface area contributed by atoms with Gasteiger partial charge in [-0.1, -0.05) is 49.4 Å². The number of aryl methyl sites for hydroxylation is 4. The molecule has 0 radical (unpaired) electrons. The van der Waals surface area contributed by atoms with Crippen LogP contribution in [-0.2, 0) is 19.3 Å². The first kappa shape index (κ1) is 22.5. The lowest BCUT2D eigenvalue weighted by molar-refractivity contribution is 0.288. The molecule has 2 N–H and O–H groups in total. The third-order valence-corrected chi connectivity index (χ3v) is 7.20. The van der Waals surface area contributed by atoms with Crippen LogP contribution in [0.2, 0.25) is 0 Å². The Labute approximate surface area is 209 Å². The maximum absolute atomic E-state index is 9.31. The molecule has 0 spiro atoms. The van der Waals surface area contributed by atoms with Crippen molar-refractivity contribution in [3.63, 3.8) is 0 Å². The number of hydrogen-bond acceptors (Lipinski definition) is 6. The van der Waals surface area contributed by atoms with Crippen molar-refractivity contribution < 1.29 is 5.11 Å². The van der Waals surface area contributed by atoms with Gasteiger partial charge in [-0.05, 0) is 71.7 Å². The topological polar surface area (TPSA) is 105 Å². The van der Waals surface area contributed by atoms with E-state index in [1.165, 1.54) is 11.1 Å². The number of aromatic amines is 1. The molecule has 3 aromatic heterocycles. The molecule has 0 saturated heterocycles. The van der Waals surface area contributed by atoms with Crippen molar-refractivity contribution >= 4 is 11.2 Å². The fraction of sp³-hybridized carbons (Fsp3) is 0.321. The maximum atomic E-state index is 9.31. The number of fused-ring (bicyclic) bond motifs is 2. The van der Waals surface area contributed by atoms with Crippen LogP contribution in [0, 0.1) is 6.92 Å². The zero-order valence-corrected chi connectivity index (χ0v) is 20.6. The van der Waals surface area contributed by atoms with Gasteiger partial charge < -0.3 is 9.67 Å². The minimum atomic E-state index is 0.173. The van der Waals surface area contributed by atoms with Crippen molar-refractivity contribution in [3.05, 3.63) is 76.7 Å². The Hall–Kier alpha value is -3.91. The number of imidazole rings is 1. The molecule has 8 nitrogen and oxygen atoms in total. The molecule has 0 fully saturated rings. The standard InChI is InChI=1S/C28H29N7O/c1-3-25-30-26-17(2)15-20(7-6-14-36)29-28(26)35(25)24-13-11-19-16-18(10-12-22(19)24)21-8-4-5-9-23(21)27-31-33-34-32-27/h4-5,8-10,12,15-16,24,36H,3,6-7,11,13-14H2,1-2H3,(H,31,32,33,34)/t24-/m0/s1. The first-order chi connectivity index (χ1) is 17.7. The third kappa shape index (κ3) is 3.78. The third-order valence-electron chi connectivity index (χ3n) is 7.20. The van der Waals surface area contributed by atoms with Crippen LogP contribution >= 0.6 is 0 Å². The van der Waals surface area contributed by atoms with Crippen LogP contribution in [0.4, 0.5) is 0 Å². The molecule has 5 aromatic rings. The highest BCUT2D eigenvalue weighted by atomic mass is 16.2. The molecule has 1 aliphatic carbocycles. The second-order valence-electron chi connectivity index (χ2n) is 9.43. The Bertz CT molecular complexity index is 1540. The number of aliphatic hydroxyl groups is 1. The summed E-state index contributed by atoms with van der Waals surface area (Å²) >= 11 is 0. The van der Waals surface area contributed by atoms with Gasteiger partial charge in [0.25, 0.3) is 0 Å². The van der Waals surface area contributed by atoms with Crippen LogP contribution in [0.25, 0.3) is 33.7 Å². The fourth-order valence-corrected chi connectivity index (χ4v) is 5.53. The summed E-state index contributed by atoms with van der Waals surface area (Å²) in [4.78, 5) is 10.0. The number of aromatic nitrogens is 7. The van der Waals surface area contributed by atoms with E-state index in [0.29, 0.717) is 12.2 Å². The van der Waals surface area contributed by atoms with E-state index in [1.54, 1.807) is 0 Å². The summed E-state index contributed by atoms with van der Waals surface area (Å²) in [6.45, 7) is 4.44. The van der Waals surface area contributed by atoms with Crippen molar-refractivity contribution in [2.75, 3.05) is 6.61 Å². The van der Waals surface area contributed by atoms with E-state index in [1.807, 2.05) is 18.2 Å². The van der Waals surface area contributed by atoms with E-state index in [2.05, 4.69) is 69.4 Å². The number of H-pyrrole nitrogens is 1. The minimum Gasteiger partial charge on any atom is -0.396 e. The average Bonchev–Trinajstić information content (AvgIpc) is 3.65. The van der Waals surface area contributed by atoms with E-state index in [4.69, 9.17) is 9.97 Å². The lowest BCUT2D eigenvalue weighted by atomic mass is 9.96. The van der Waals surface area contributed by atoms with Gasteiger partial charge in [-0.25, -0.2) is 9.97 Å². The highest BCUT2D eigenvalue weighted by molar-refractivity contribution is 5.81. The Morgan fingerprint density at radius 2 is 1.94 bits per heavy atom. The number of rotatable bonds is 7. The quantitative estimate of drug-likeness (QED) is 0.353. The average molecular weight is 480 g/mol. The molecular weight excluding hydrogens is 450 g/mol. The number of hydrogen-bond donors (Lipinski definition) is 2. The monoisotopic (exact) mass is 479 g/mol. The zero-order chi connectivity index (χ0) is 24.6. The van der Waals surface area contributed by atoms with Crippen LogP contribution in [0.5, 0.6) is 0 Å². The summed E-state index contributed by atoms with van der Waals surface area (Å²) in [5.74, 6) is 1.67. The highest BCUT2D eigenvalue weighted by Gasteiger charge is 2.29. The molecular formula is C28H29N7O. The van der Waals surface area contributed by atoms with Crippen molar-refractivity contribution in [2.24, 2.45) is 0 Å². The van der Waals surface area contributed by atoms with Crippen molar-refractivity contribution in [3.8, 4) is 22.5 Å². The van der Waals surface area contributed by atoms with Crippen molar-refractivity contribution in [1.82, 2.24) is 35.2 Å². The molecule has 2 aromatic carbocycles. The number of tetrazole rings is 1. The summed E-state index contributed by atoms with van der Waals surface area (Å²) in [5.41, 5.74) is 10.0. The molecule has 1 aliphatic rings. The number of pyridine rings is 1. The Balaban J connectivity index is 1.43. The molecule has 0 saturated carbocycles.